The molecule has 0 heterocycles. The molecule has 6 heteroatoms. The van der Waals surface area contributed by atoms with Crippen molar-refractivity contribution in [2.45, 2.75) is 45.6 Å². The Kier molecular flexibility index (Phi) is 13.8. The molecule has 1 amide bonds. The van der Waals surface area contributed by atoms with Gasteiger partial charge < -0.3 is 27.4 Å². The zero-order valence-corrected chi connectivity index (χ0v) is 13.8. The predicted octanol–water partition coefficient (Wildman–Crippen LogP) is -0.216. The van der Waals surface area contributed by atoms with Crippen molar-refractivity contribution in [1.29, 1.82) is 0 Å². The Hall–Kier alpha value is -0.690. The largest absolute Gasteiger partial charge is 0.355 e. The number of amides is 1. The molecule has 0 fully saturated rings. The second-order valence-corrected chi connectivity index (χ2v) is 5.76. The fraction of sp³-hybridized carbons (Fsp3) is 0.933. The third kappa shape index (κ3) is 12.7. The molecule has 0 spiro atoms. The topological polar surface area (TPSA) is 105 Å². The van der Waals surface area contributed by atoms with E-state index in [2.05, 4.69) is 16.0 Å². The van der Waals surface area contributed by atoms with Crippen LogP contribution in [0.5, 0.6) is 0 Å². The van der Waals surface area contributed by atoms with Gasteiger partial charge in [-0.1, -0.05) is 13.8 Å². The van der Waals surface area contributed by atoms with Crippen molar-refractivity contribution >= 4 is 5.91 Å². The molecule has 6 nitrogen and oxygen atoms in total. The SMILES string of the molecule is CC(C)[C@H](N)C(=O)NCCCNCCCCNCCCN. The number of carbonyl (C=O) groups excluding carboxylic acids is 1. The maximum absolute atomic E-state index is 11.6. The Morgan fingerprint density at radius 1 is 0.905 bits per heavy atom. The first-order chi connectivity index (χ1) is 10.1. The van der Waals surface area contributed by atoms with Crippen molar-refractivity contribution in [3.05, 3.63) is 0 Å². The van der Waals surface area contributed by atoms with Crippen LogP contribution in [-0.4, -0.2) is 51.2 Å². The quantitative estimate of drug-likeness (QED) is 0.285. The molecule has 0 aliphatic heterocycles. The molecule has 0 aliphatic carbocycles. The van der Waals surface area contributed by atoms with Gasteiger partial charge in [0.15, 0.2) is 0 Å². The van der Waals surface area contributed by atoms with Crippen molar-refractivity contribution in [2.75, 3.05) is 39.3 Å². The Morgan fingerprint density at radius 2 is 1.43 bits per heavy atom. The summed E-state index contributed by atoms with van der Waals surface area (Å²) in [5, 5.41) is 9.62. The average molecular weight is 301 g/mol. The number of nitrogens with two attached hydrogens (primary N) is 2. The second-order valence-electron chi connectivity index (χ2n) is 5.76. The highest BCUT2D eigenvalue weighted by Crippen LogP contribution is 1.97. The molecule has 0 aromatic carbocycles. The first-order valence-corrected chi connectivity index (χ1v) is 8.24. The van der Waals surface area contributed by atoms with E-state index in [0.29, 0.717) is 6.54 Å². The molecule has 0 rings (SSSR count). The third-order valence-electron chi connectivity index (χ3n) is 3.37. The van der Waals surface area contributed by atoms with E-state index in [0.717, 1.165) is 45.6 Å². The summed E-state index contributed by atoms with van der Waals surface area (Å²) in [6.07, 6.45) is 4.33. The summed E-state index contributed by atoms with van der Waals surface area (Å²) in [6, 6.07) is -0.398. The first-order valence-electron chi connectivity index (χ1n) is 8.24. The fourth-order valence-electron chi connectivity index (χ4n) is 1.82. The average Bonchev–Trinajstić information content (AvgIpc) is 2.47. The summed E-state index contributed by atoms with van der Waals surface area (Å²) in [5.74, 6) is 0.134. The number of unbranched alkanes of at least 4 members (excludes halogenated alkanes) is 1. The Morgan fingerprint density at radius 3 is 1.95 bits per heavy atom. The Balaban J connectivity index is 3.21. The van der Waals surface area contributed by atoms with Crippen LogP contribution in [0.25, 0.3) is 0 Å². The van der Waals surface area contributed by atoms with E-state index in [9.17, 15) is 4.79 Å². The molecule has 0 saturated carbocycles. The summed E-state index contributed by atoms with van der Waals surface area (Å²) >= 11 is 0. The molecular weight excluding hydrogens is 266 g/mol. The highest BCUT2D eigenvalue weighted by molar-refractivity contribution is 5.81. The Labute approximate surface area is 129 Å². The fourth-order valence-corrected chi connectivity index (χ4v) is 1.82. The van der Waals surface area contributed by atoms with Crippen molar-refractivity contribution in [3.63, 3.8) is 0 Å². The lowest BCUT2D eigenvalue weighted by Crippen LogP contribution is -2.44. The third-order valence-corrected chi connectivity index (χ3v) is 3.37. The van der Waals surface area contributed by atoms with E-state index in [1.807, 2.05) is 13.8 Å². The van der Waals surface area contributed by atoms with Crippen LogP contribution in [0.2, 0.25) is 0 Å². The van der Waals surface area contributed by atoms with Gasteiger partial charge >= 0.3 is 0 Å². The molecule has 0 radical (unpaired) electrons. The monoisotopic (exact) mass is 301 g/mol. The number of hydrogen-bond acceptors (Lipinski definition) is 5. The summed E-state index contributed by atoms with van der Waals surface area (Å²) in [4.78, 5) is 11.6. The van der Waals surface area contributed by atoms with Gasteiger partial charge in [-0.3, -0.25) is 4.79 Å². The first kappa shape index (κ1) is 20.3. The van der Waals surface area contributed by atoms with Crippen LogP contribution in [0.1, 0.15) is 39.5 Å². The van der Waals surface area contributed by atoms with Crippen molar-refractivity contribution in [2.24, 2.45) is 17.4 Å². The molecular formula is C15H35N5O. The van der Waals surface area contributed by atoms with Crippen molar-refractivity contribution in [3.8, 4) is 0 Å². The summed E-state index contributed by atoms with van der Waals surface area (Å²) < 4.78 is 0. The maximum atomic E-state index is 11.6. The summed E-state index contributed by atoms with van der Waals surface area (Å²) in [6.45, 7) is 9.39. The molecule has 0 aliphatic rings. The van der Waals surface area contributed by atoms with Gasteiger partial charge in [-0.15, -0.1) is 0 Å². The molecule has 126 valence electrons. The van der Waals surface area contributed by atoms with Gasteiger partial charge in [0, 0.05) is 6.54 Å². The maximum Gasteiger partial charge on any atom is 0.237 e. The van der Waals surface area contributed by atoms with E-state index < -0.39 is 6.04 Å². The number of hydrogen-bond donors (Lipinski definition) is 5. The van der Waals surface area contributed by atoms with Crippen LogP contribution >= 0.6 is 0 Å². The molecule has 0 aromatic heterocycles. The molecule has 0 unspecified atom stereocenters. The van der Waals surface area contributed by atoms with Crippen LogP contribution in [0.15, 0.2) is 0 Å². The molecule has 0 saturated heterocycles. The number of nitrogens with one attached hydrogen (secondary N) is 3. The standard InChI is InChI=1S/C15H35N5O/c1-13(2)14(17)15(21)20-12-6-11-19-9-4-3-8-18-10-5-7-16/h13-14,18-19H,3-12,16-17H2,1-2H3,(H,20,21)/t14-/m0/s1. The van der Waals surface area contributed by atoms with Gasteiger partial charge in [-0.2, -0.15) is 0 Å². The van der Waals surface area contributed by atoms with Gasteiger partial charge in [0.25, 0.3) is 0 Å². The van der Waals surface area contributed by atoms with Gasteiger partial charge in [0.05, 0.1) is 6.04 Å². The van der Waals surface area contributed by atoms with Gasteiger partial charge in [-0.05, 0) is 64.3 Å². The molecule has 1 atom stereocenters. The van der Waals surface area contributed by atoms with Gasteiger partial charge in [0.2, 0.25) is 5.91 Å². The number of rotatable bonds is 14. The lowest BCUT2D eigenvalue weighted by Gasteiger charge is -2.15. The minimum Gasteiger partial charge on any atom is -0.355 e. The van der Waals surface area contributed by atoms with E-state index >= 15 is 0 Å². The normalized spacial score (nSPS) is 12.6. The zero-order valence-electron chi connectivity index (χ0n) is 13.8. The second kappa shape index (κ2) is 14.3. The van der Waals surface area contributed by atoms with E-state index in [4.69, 9.17) is 11.5 Å². The van der Waals surface area contributed by atoms with Crippen molar-refractivity contribution < 1.29 is 4.79 Å². The van der Waals surface area contributed by atoms with Crippen LogP contribution in [-0.2, 0) is 4.79 Å². The van der Waals surface area contributed by atoms with Crippen LogP contribution in [0.4, 0.5) is 0 Å². The minimum absolute atomic E-state index is 0.0476. The number of carbonyl (C=O) groups is 1. The van der Waals surface area contributed by atoms with E-state index in [1.165, 1.54) is 12.8 Å². The molecule has 7 N–H and O–H groups in total. The highest BCUT2D eigenvalue weighted by atomic mass is 16.2. The van der Waals surface area contributed by atoms with E-state index in [-0.39, 0.29) is 11.8 Å². The summed E-state index contributed by atoms with van der Waals surface area (Å²) in [5.41, 5.74) is 11.2. The summed E-state index contributed by atoms with van der Waals surface area (Å²) in [7, 11) is 0. The lowest BCUT2D eigenvalue weighted by molar-refractivity contribution is -0.123. The molecule has 21 heavy (non-hydrogen) atoms. The molecule has 0 bridgehead atoms. The molecule has 0 aromatic rings. The lowest BCUT2D eigenvalue weighted by atomic mass is 10.1. The van der Waals surface area contributed by atoms with Crippen LogP contribution in [0.3, 0.4) is 0 Å². The van der Waals surface area contributed by atoms with Gasteiger partial charge in [-0.25, -0.2) is 0 Å². The van der Waals surface area contributed by atoms with Gasteiger partial charge in [0.1, 0.15) is 0 Å². The Bertz CT molecular complexity index is 248. The van der Waals surface area contributed by atoms with Crippen LogP contribution in [0, 0.1) is 5.92 Å². The predicted molar refractivity (Wildman–Crippen MR) is 89.1 cm³/mol. The van der Waals surface area contributed by atoms with Crippen molar-refractivity contribution in [1.82, 2.24) is 16.0 Å². The van der Waals surface area contributed by atoms with Crippen LogP contribution < -0.4 is 27.4 Å². The minimum atomic E-state index is -0.398. The highest BCUT2D eigenvalue weighted by Gasteiger charge is 2.15. The smallest absolute Gasteiger partial charge is 0.237 e. The zero-order chi connectivity index (χ0) is 15.9. The van der Waals surface area contributed by atoms with E-state index in [1.54, 1.807) is 0 Å².